The molecule has 0 unspecified atom stereocenters. The molecule has 1 amide bonds. The van der Waals surface area contributed by atoms with Crippen LogP contribution in [-0.2, 0) is 6.54 Å². The zero-order valence-corrected chi connectivity index (χ0v) is 17.6. The van der Waals surface area contributed by atoms with Crippen molar-refractivity contribution in [2.24, 2.45) is 5.73 Å². The number of halogens is 1. The van der Waals surface area contributed by atoms with Gasteiger partial charge in [-0.2, -0.15) is 0 Å². The van der Waals surface area contributed by atoms with Gasteiger partial charge in [-0.25, -0.2) is 23.9 Å². The van der Waals surface area contributed by atoms with Crippen molar-refractivity contribution in [1.29, 1.82) is 0 Å². The Morgan fingerprint density at radius 1 is 1.09 bits per heavy atom. The number of carbonyl (C=O) groups is 1. The van der Waals surface area contributed by atoms with E-state index in [1.54, 1.807) is 41.1 Å². The van der Waals surface area contributed by atoms with E-state index in [0.717, 1.165) is 5.69 Å². The van der Waals surface area contributed by atoms with Crippen molar-refractivity contribution in [3.63, 3.8) is 0 Å². The van der Waals surface area contributed by atoms with Crippen LogP contribution in [0.4, 0.5) is 10.1 Å². The second kappa shape index (κ2) is 8.15. The second-order valence-corrected chi connectivity index (χ2v) is 7.39. The first kappa shape index (κ1) is 20.3. The molecular formula is C23H19FN8O. The number of carbonyl (C=O) groups excluding carboxylic acids is 1. The number of hydrogen-bond donors (Lipinski definition) is 2. The van der Waals surface area contributed by atoms with E-state index in [1.807, 2.05) is 25.1 Å². The van der Waals surface area contributed by atoms with Gasteiger partial charge in [-0.05, 0) is 43.3 Å². The maximum atomic E-state index is 14.0. The molecule has 33 heavy (non-hydrogen) atoms. The third-order valence-electron chi connectivity index (χ3n) is 5.05. The van der Waals surface area contributed by atoms with Crippen molar-refractivity contribution in [3.05, 3.63) is 89.9 Å². The summed E-state index contributed by atoms with van der Waals surface area (Å²) in [5, 5.41) is 7.61. The summed E-state index contributed by atoms with van der Waals surface area (Å²) < 4.78 is 17.2. The Bertz CT molecular complexity index is 1490. The molecule has 10 heteroatoms. The third kappa shape index (κ3) is 3.89. The summed E-state index contributed by atoms with van der Waals surface area (Å²) in [6.07, 6.45) is 3.18. The number of rotatable bonds is 6. The summed E-state index contributed by atoms with van der Waals surface area (Å²) in [7, 11) is 0. The molecule has 5 rings (SSSR count). The van der Waals surface area contributed by atoms with E-state index in [9.17, 15) is 9.18 Å². The standard InChI is InChI=1S/C23H19FN8O/c1-14-5-4-8-18(28-14)23-29-15(11-26-17-7-3-2-6-16(17)24)13-31(23)21-10-9-20-27-12-19(22(25)33)32(20)30-21/h2-10,12-13,26H,11H2,1H3,(H2,25,33). The van der Waals surface area contributed by atoms with Crippen molar-refractivity contribution in [1.82, 2.24) is 29.1 Å². The lowest BCUT2D eigenvalue weighted by molar-refractivity contribution is 0.0993. The molecule has 0 saturated heterocycles. The zero-order chi connectivity index (χ0) is 22.9. The Morgan fingerprint density at radius 3 is 2.73 bits per heavy atom. The largest absolute Gasteiger partial charge is 0.377 e. The molecule has 0 aliphatic carbocycles. The maximum absolute atomic E-state index is 14.0. The molecule has 0 spiro atoms. The molecule has 0 fully saturated rings. The summed E-state index contributed by atoms with van der Waals surface area (Å²) in [6, 6.07) is 15.6. The van der Waals surface area contributed by atoms with Crippen molar-refractivity contribution in [2.45, 2.75) is 13.5 Å². The van der Waals surface area contributed by atoms with Gasteiger partial charge in [0.2, 0.25) is 0 Å². The highest BCUT2D eigenvalue weighted by Gasteiger charge is 2.17. The number of para-hydroxylation sites is 1. The Morgan fingerprint density at radius 2 is 1.94 bits per heavy atom. The summed E-state index contributed by atoms with van der Waals surface area (Å²) in [5.41, 5.74) is 8.63. The monoisotopic (exact) mass is 442 g/mol. The van der Waals surface area contributed by atoms with Crippen LogP contribution in [0.25, 0.3) is 23.0 Å². The number of imidazole rings is 2. The fourth-order valence-electron chi connectivity index (χ4n) is 3.49. The van der Waals surface area contributed by atoms with Crippen LogP contribution < -0.4 is 11.1 Å². The molecule has 1 aromatic carbocycles. The van der Waals surface area contributed by atoms with Crippen molar-refractivity contribution in [3.8, 4) is 17.3 Å². The second-order valence-electron chi connectivity index (χ2n) is 7.39. The molecular weight excluding hydrogens is 423 g/mol. The van der Waals surface area contributed by atoms with E-state index in [2.05, 4.69) is 20.4 Å². The Hall–Kier alpha value is -4.60. The third-order valence-corrected chi connectivity index (χ3v) is 5.05. The smallest absolute Gasteiger partial charge is 0.269 e. The first-order valence-electron chi connectivity index (χ1n) is 10.2. The van der Waals surface area contributed by atoms with Gasteiger partial charge in [-0.1, -0.05) is 18.2 Å². The molecule has 164 valence electrons. The lowest BCUT2D eigenvalue weighted by Gasteiger charge is -2.08. The predicted octanol–water partition coefficient (Wildman–Crippen LogP) is 3.14. The number of fused-ring (bicyclic) bond motifs is 1. The van der Waals surface area contributed by atoms with E-state index in [4.69, 9.17) is 10.7 Å². The molecule has 5 aromatic rings. The van der Waals surface area contributed by atoms with Gasteiger partial charge in [0, 0.05) is 11.9 Å². The van der Waals surface area contributed by atoms with Crippen LogP contribution in [-0.4, -0.2) is 35.0 Å². The van der Waals surface area contributed by atoms with Crippen molar-refractivity contribution >= 4 is 17.2 Å². The molecule has 0 bridgehead atoms. The highest BCUT2D eigenvalue weighted by molar-refractivity contribution is 5.91. The van der Waals surface area contributed by atoms with Gasteiger partial charge < -0.3 is 11.1 Å². The summed E-state index contributed by atoms with van der Waals surface area (Å²) in [4.78, 5) is 25.2. The number of nitrogens with one attached hydrogen (secondary N) is 1. The molecule has 4 aromatic heterocycles. The van der Waals surface area contributed by atoms with Crippen LogP contribution in [0.5, 0.6) is 0 Å². The van der Waals surface area contributed by atoms with E-state index < -0.39 is 5.91 Å². The summed E-state index contributed by atoms with van der Waals surface area (Å²) in [6.45, 7) is 2.18. The molecule has 3 N–H and O–H groups in total. The summed E-state index contributed by atoms with van der Waals surface area (Å²) in [5.74, 6) is 0.0689. The molecule has 0 atom stereocenters. The van der Waals surface area contributed by atoms with Crippen molar-refractivity contribution in [2.75, 3.05) is 5.32 Å². The minimum atomic E-state index is -0.631. The average Bonchev–Trinajstić information content (AvgIpc) is 3.42. The van der Waals surface area contributed by atoms with E-state index in [-0.39, 0.29) is 18.1 Å². The topological polar surface area (TPSA) is 116 Å². The number of anilines is 1. The van der Waals surface area contributed by atoms with Crippen LogP contribution >= 0.6 is 0 Å². The van der Waals surface area contributed by atoms with Gasteiger partial charge in [-0.3, -0.25) is 9.36 Å². The number of aryl methyl sites for hydroxylation is 1. The lowest BCUT2D eigenvalue weighted by Crippen LogP contribution is -2.15. The van der Waals surface area contributed by atoms with Crippen LogP contribution in [0.1, 0.15) is 21.9 Å². The number of pyridine rings is 1. The number of benzene rings is 1. The highest BCUT2D eigenvalue weighted by atomic mass is 19.1. The van der Waals surface area contributed by atoms with Gasteiger partial charge >= 0.3 is 0 Å². The quantitative estimate of drug-likeness (QED) is 0.417. The number of nitrogens with zero attached hydrogens (tertiary/aromatic N) is 6. The Kier molecular flexibility index (Phi) is 5.02. The van der Waals surface area contributed by atoms with Crippen LogP contribution in [0.2, 0.25) is 0 Å². The lowest BCUT2D eigenvalue weighted by atomic mass is 10.3. The molecule has 0 aliphatic rings. The van der Waals surface area contributed by atoms with Crippen LogP contribution in [0.15, 0.2) is 67.0 Å². The Balaban J connectivity index is 1.59. The Labute approximate surface area is 187 Å². The average molecular weight is 442 g/mol. The van der Waals surface area contributed by atoms with Gasteiger partial charge in [0.25, 0.3) is 5.91 Å². The predicted molar refractivity (Wildman–Crippen MR) is 120 cm³/mol. The molecule has 0 saturated carbocycles. The maximum Gasteiger partial charge on any atom is 0.269 e. The van der Waals surface area contributed by atoms with Crippen LogP contribution in [0, 0.1) is 12.7 Å². The zero-order valence-electron chi connectivity index (χ0n) is 17.6. The number of aromatic nitrogens is 6. The van der Waals surface area contributed by atoms with Gasteiger partial charge in [0.05, 0.1) is 24.1 Å². The number of amides is 1. The SMILES string of the molecule is Cc1cccc(-c2nc(CNc3ccccc3F)cn2-c2ccc3ncc(C(N)=O)n3n2)n1. The molecule has 9 nitrogen and oxygen atoms in total. The minimum Gasteiger partial charge on any atom is -0.377 e. The highest BCUT2D eigenvalue weighted by Crippen LogP contribution is 2.22. The number of hydrogen-bond acceptors (Lipinski definition) is 6. The fourth-order valence-corrected chi connectivity index (χ4v) is 3.49. The minimum absolute atomic E-state index is 0.170. The van der Waals surface area contributed by atoms with Crippen molar-refractivity contribution < 1.29 is 9.18 Å². The van der Waals surface area contributed by atoms with Gasteiger partial charge in [-0.15, -0.1) is 5.10 Å². The molecule has 0 radical (unpaired) electrons. The normalized spacial score (nSPS) is 11.1. The van der Waals surface area contributed by atoms with E-state index >= 15 is 0 Å². The fraction of sp³-hybridized carbons (Fsp3) is 0.0870. The first-order valence-corrected chi connectivity index (χ1v) is 10.2. The summed E-state index contributed by atoms with van der Waals surface area (Å²) >= 11 is 0. The van der Waals surface area contributed by atoms with E-state index in [1.165, 1.54) is 16.8 Å². The van der Waals surface area contributed by atoms with Gasteiger partial charge in [0.15, 0.2) is 17.3 Å². The number of nitrogens with two attached hydrogens (primary N) is 1. The van der Waals surface area contributed by atoms with Gasteiger partial charge in [0.1, 0.15) is 17.2 Å². The van der Waals surface area contributed by atoms with E-state index in [0.29, 0.717) is 34.4 Å². The first-order chi connectivity index (χ1) is 16.0. The number of primary amides is 1. The van der Waals surface area contributed by atoms with Crippen LogP contribution in [0.3, 0.4) is 0 Å². The molecule has 4 heterocycles. The molecule has 0 aliphatic heterocycles.